The average molecular weight is 210 g/mol. The second kappa shape index (κ2) is 6.86. The molecule has 1 aliphatic rings. The van der Waals surface area contributed by atoms with E-state index in [-0.39, 0.29) is 0 Å². The van der Waals surface area contributed by atoms with Crippen LogP contribution >= 0.6 is 0 Å². The van der Waals surface area contributed by atoms with Gasteiger partial charge in [0.15, 0.2) is 0 Å². The summed E-state index contributed by atoms with van der Waals surface area (Å²) in [5, 5.41) is 0. The van der Waals surface area contributed by atoms with Crippen LogP contribution in [0, 0.1) is 5.92 Å². The van der Waals surface area contributed by atoms with E-state index in [9.17, 15) is 0 Å². The molecule has 0 aromatic rings. The van der Waals surface area contributed by atoms with Crippen molar-refractivity contribution in [3.05, 3.63) is 0 Å². The highest BCUT2D eigenvalue weighted by Gasteiger charge is 2.11. The summed E-state index contributed by atoms with van der Waals surface area (Å²) in [5.74, 6) is 1.73. The molecular formula is C13H26N2. The highest BCUT2D eigenvalue weighted by molar-refractivity contribution is 5.80. The quantitative estimate of drug-likeness (QED) is 0.693. The summed E-state index contributed by atoms with van der Waals surface area (Å²) < 4.78 is 0. The van der Waals surface area contributed by atoms with Crippen LogP contribution in [0.5, 0.6) is 0 Å². The summed E-state index contributed by atoms with van der Waals surface area (Å²) in [6.45, 7) is 4.59. The molecule has 2 nitrogen and oxygen atoms in total. The highest BCUT2D eigenvalue weighted by atomic mass is 14.9. The molecule has 0 radical (unpaired) electrons. The van der Waals surface area contributed by atoms with Gasteiger partial charge in [-0.15, -0.1) is 0 Å². The molecule has 0 fully saturated rings. The van der Waals surface area contributed by atoms with Crippen molar-refractivity contribution in [3.8, 4) is 0 Å². The SMILES string of the molecule is CC(C)CCCC[C@@H]1CCCCC(N)=N1. The second-order valence-corrected chi connectivity index (χ2v) is 5.20. The van der Waals surface area contributed by atoms with Crippen LogP contribution in [0.4, 0.5) is 0 Å². The Morgan fingerprint density at radius 3 is 2.87 bits per heavy atom. The third-order valence-corrected chi connectivity index (χ3v) is 3.14. The second-order valence-electron chi connectivity index (χ2n) is 5.20. The van der Waals surface area contributed by atoms with Gasteiger partial charge >= 0.3 is 0 Å². The Bertz CT molecular complexity index is 197. The zero-order valence-corrected chi connectivity index (χ0v) is 10.3. The van der Waals surface area contributed by atoms with E-state index < -0.39 is 0 Å². The van der Waals surface area contributed by atoms with Gasteiger partial charge in [0.25, 0.3) is 0 Å². The molecule has 0 aromatic carbocycles. The Morgan fingerprint density at radius 2 is 2.13 bits per heavy atom. The maximum atomic E-state index is 5.83. The number of aliphatic imine (C=N–C) groups is 1. The standard InChI is InChI=1S/C13H26N2/c1-11(2)7-3-4-8-12-9-5-6-10-13(14)15-12/h11-12H,3-10H2,1-2H3,(H2,14,15)/t12-/m1/s1. The van der Waals surface area contributed by atoms with Gasteiger partial charge in [0, 0.05) is 6.42 Å². The predicted octanol–water partition coefficient (Wildman–Crippen LogP) is 3.50. The van der Waals surface area contributed by atoms with Crippen molar-refractivity contribution in [2.75, 3.05) is 0 Å². The van der Waals surface area contributed by atoms with E-state index in [4.69, 9.17) is 5.73 Å². The van der Waals surface area contributed by atoms with Crippen molar-refractivity contribution >= 4 is 5.84 Å². The van der Waals surface area contributed by atoms with Crippen LogP contribution in [-0.4, -0.2) is 11.9 Å². The van der Waals surface area contributed by atoms with Gasteiger partial charge in [-0.05, 0) is 25.2 Å². The Hall–Kier alpha value is -0.530. The Morgan fingerprint density at radius 1 is 1.33 bits per heavy atom. The molecule has 0 aromatic heterocycles. The van der Waals surface area contributed by atoms with Crippen molar-refractivity contribution < 1.29 is 0 Å². The average Bonchev–Trinajstić information content (AvgIpc) is 2.37. The number of hydrogen-bond acceptors (Lipinski definition) is 2. The molecule has 1 rings (SSSR count). The minimum absolute atomic E-state index is 0.527. The van der Waals surface area contributed by atoms with Crippen LogP contribution < -0.4 is 5.73 Å². The molecular weight excluding hydrogens is 184 g/mol. The first-order chi connectivity index (χ1) is 7.18. The van der Waals surface area contributed by atoms with Gasteiger partial charge in [0.2, 0.25) is 0 Å². The molecule has 0 saturated carbocycles. The predicted molar refractivity (Wildman–Crippen MR) is 67.2 cm³/mol. The van der Waals surface area contributed by atoms with Crippen LogP contribution in [0.2, 0.25) is 0 Å². The van der Waals surface area contributed by atoms with Gasteiger partial charge in [-0.3, -0.25) is 4.99 Å². The third-order valence-electron chi connectivity index (χ3n) is 3.14. The topological polar surface area (TPSA) is 38.4 Å². The molecule has 88 valence electrons. The van der Waals surface area contributed by atoms with E-state index in [1.807, 2.05) is 0 Å². The van der Waals surface area contributed by atoms with Crippen LogP contribution in [0.3, 0.4) is 0 Å². The molecule has 2 heteroatoms. The molecule has 2 N–H and O–H groups in total. The minimum atomic E-state index is 0.527. The lowest BCUT2D eigenvalue weighted by Gasteiger charge is -2.11. The van der Waals surface area contributed by atoms with Gasteiger partial charge in [0.05, 0.1) is 11.9 Å². The lowest BCUT2D eigenvalue weighted by atomic mass is 10.0. The fraction of sp³-hybridized carbons (Fsp3) is 0.923. The number of unbranched alkanes of at least 4 members (excludes halogenated alkanes) is 1. The number of hydrogen-bond donors (Lipinski definition) is 1. The molecule has 0 saturated heterocycles. The lowest BCUT2D eigenvalue weighted by Crippen LogP contribution is -2.13. The molecule has 0 bridgehead atoms. The Kier molecular flexibility index (Phi) is 5.74. The Labute approximate surface area is 94.3 Å². The summed E-state index contributed by atoms with van der Waals surface area (Å²) >= 11 is 0. The first-order valence-corrected chi connectivity index (χ1v) is 6.50. The van der Waals surface area contributed by atoms with E-state index in [2.05, 4.69) is 18.8 Å². The molecule has 1 aliphatic heterocycles. The fourth-order valence-electron chi connectivity index (χ4n) is 2.19. The van der Waals surface area contributed by atoms with Crippen LogP contribution in [0.1, 0.15) is 65.2 Å². The van der Waals surface area contributed by atoms with Crippen LogP contribution in [0.25, 0.3) is 0 Å². The van der Waals surface area contributed by atoms with Crippen molar-refractivity contribution in [1.29, 1.82) is 0 Å². The number of amidine groups is 1. The Balaban J connectivity index is 2.16. The van der Waals surface area contributed by atoms with Crippen molar-refractivity contribution in [2.45, 2.75) is 71.3 Å². The third kappa shape index (κ3) is 5.81. The molecule has 15 heavy (non-hydrogen) atoms. The molecule has 0 amide bonds. The lowest BCUT2D eigenvalue weighted by molar-refractivity contribution is 0.482. The zero-order valence-electron chi connectivity index (χ0n) is 10.3. The first kappa shape index (κ1) is 12.5. The first-order valence-electron chi connectivity index (χ1n) is 6.50. The molecule has 0 unspecified atom stereocenters. The van der Waals surface area contributed by atoms with E-state index in [1.54, 1.807) is 0 Å². The normalized spacial score (nSPS) is 22.6. The maximum absolute atomic E-state index is 5.83. The summed E-state index contributed by atoms with van der Waals surface area (Å²) in [6.07, 6.45) is 10.1. The van der Waals surface area contributed by atoms with Gasteiger partial charge in [0.1, 0.15) is 0 Å². The zero-order chi connectivity index (χ0) is 11.1. The number of rotatable bonds is 5. The van der Waals surface area contributed by atoms with Crippen molar-refractivity contribution in [3.63, 3.8) is 0 Å². The summed E-state index contributed by atoms with van der Waals surface area (Å²) in [7, 11) is 0. The summed E-state index contributed by atoms with van der Waals surface area (Å²) in [4.78, 5) is 4.59. The maximum Gasteiger partial charge on any atom is 0.0940 e. The minimum Gasteiger partial charge on any atom is -0.387 e. The largest absolute Gasteiger partial charge is 0.387 e. The van der Waals surface area contributed by atoms with Gasteiger partial charge in [-0.2, -0.15) is 0 Å². The molecule has 1 heterocycles. The van der Waals surface area contributed by atoms with E-state index in [0.717, 1.165) is 18.2 Å². The number of nitrogens with zero attached hydrogens (tertiary/aromatic N) is 1. The summed E-state index contributed by atoms with van der Waals surface area (Å²) in [5.41, 5.74) is 5.83. The van der Waals surface area contributed by atoms with Crippen molar-refractivity contribution in [2.24, 2.45) is 16.6 Å². The van der Waals surface area contributed by atoms with Crippen LogP contribution in [0.15, 0.2) is 4.99 Å². The monoisotopic (exact) mass is 210 g/mol. The van der Waals surface area contributed by atoms with Gasteiger partial charge in [-0.25, -0.2) is 0 Å². The van der Waals surface area contributed by atoms with E-state index in [0.29, 0.717) is 6.04 Å². The fourth-order valence-corrected chi connectivity index (χ4v) is 2.19. The summed E-state index contributed by atoms with van der Waals surface area (Å²) in [6, 6.07) is 0.527. The molecule has 0 spiro atoms. The van der Waals surface area contributed by atoms with Crippen molar-refractivity contribution in [1.82, 2.24) is 0 Å². The van der Waals surface area contributed by atoms with E-state index in [1.165, 1.54) is 44.9 Å². The molecule has 0 aliphatic carbocycles. The van der Waals surface area contributed by atoms with Gasteiger partial charge < -0.3 is 5.73 Å². The smallest absolute Gasteiger partial charge is 0.0940 e. The van der Waals surface area contributed by atoms with Gasteiger partial charge in [-0.1, -0.05) is 39.5 Å². The van der Waals surface area contributed by atoms with E-state index >= 15 is 0 Å². The van der Waals surface area contributed by atoms with Crippen LogP contribution in [-0.2, 0) is 0 Å². The molecule has 1 atom stereocenters. The number of nitrogens with two attached hydrogens (primary N) is 1. The highest BCUT2D eigenvalue weighted by Crippen LogP contribution is 2.18.